The van der Waals surface area contributed by atoms with Crippen molar-refractivity contribution in [1.29, 1.82) is 0 Å². The van der Waals surface area contributed by atoms with Crippen LogP contribution in [-0.4, -0.2) is 28.3 Å². The summed E-state index contributed by atoms with van der Waals surface area (Å²) < 4.78 is 7.08. The van der Waals surface area contributed by atoms with Crippen LogP contribution in [0, 0.1) is 0 Å². The van der Waals surface area contributed by atoms with Crippen LogP contribution < -0.4 is 0 Å². The summed E-state index contributed by atoms with van der Waals surface area (Å²) in [6, 6.07) is 0. The van der Waals surface area contributed by atoms with Crippen LogP contribution in [0.25, 0.3) is 0 Å². The third-order valence-corrected chi connectivity index (χ3v) is 3.07. The van der Waals surface area contributed by atoms with Crippen LogP contribution in [0.1, 0.15) is 36.7 Å². The van der Waals surface area contributed by atoms with Crippen molar-refractivity contribution in [1.82, 2.24) is 9.78 Å². The highest BCUT2D eigenvalue weighted by Crippen LogP contribution is 2.21. The van der Waals surface area contributed by atoms with Crippen molar-refractivity contribution in [3.05, 3.63) is 16.9 Å². The molecule has 1 fully saturated rings. The van der Waals surface area contributed by atoms with E-state index in [1.165, 1.54) is 6.20 Å². The predicted molar refractivity (Wildman–Crippen MR) is 60.8 cm³/mol. The summed E-state index contributed by atoms with van der Waals surface area (Å²) in [5.41, 5.74) is 0.514. The first-order valence-corrected chi connectivity index (χ1v) is 5.96. The maximum absolute atomic E-state index is 12.0. The number of Topliss-reactive ketones (excluding diaryl/α,β-unsaturated/α-hetero) is 1. The largest absolute Gasteiger partial charge is 0.378 e. The minimum atomic E-state index is 0.0243. The van der Waals surface area contributed by atoms with Gasteiger partial charge in [-0.05, 0) is 19.8 Å². The lowest BCUT2D eigenvalue weighted by molar-refractivity contribution is 0.0767. The van der Waals surface area contributed by atoms with E-state index in [0.717, 1.165) is 19.4 Å². The smallest absolute Gasteiger partial charge is 0.184 e. The molecule has 2 rings (SSSR count). The number of aromatic nitrogens is 2. The Morgan fingerprint density at radius 2 is 2.56 bits per heavy atom. The topological polar surface area (TPSA) is 44.1 Å². The van der Waals surface area contributed by atoms with Gasteiger partial charge in [0.2, 0.25) is 0 Å². The zero-order valence-corrected chi connectivity index (χ0v) is 10.0. The van der Waals surface area contributed by atoms with Gasteiger partial charge in [-0.15, -0.1) is 0 Å². The molecule has 1 unspecified atom stereocenters. The molecule has 5 heteroatoms. The Bertz CT molecular complexity index is 383. The Morgan fingerprint density at radius 3 is 3.19 bits per heavy atom. The van der Waals surface area contributed by atoms with Crippen LogP contribution >= 0.6 is 11.6 Å². The van der Waals surface area contributed by atoms with Crippen molar-refractivity contribution < 1.29 is 9.53 Å². The second kappa shape index (κ2) is 4.97. The number of hydrogen-bond donors (Lipinski definition) is 0. The second-order valence-electron chi connectivity index (χ2n) is 3.92. The third-order valence-electron chi connectivity index (χ3n) is 2.80. The number of ketones is 1. The molecule has 0 saturated carbocycles. The summed E-state index contributed by atoms with van der Waals surface area (Å²) in [4.78, 5) is 12.0. The number of halogens is 1. The minimum Gasteiger partial charge on any atom is -0.378 e. The molecule has 4 nitrogen and oxygen atoms in total. The third kappa shape index (κ3) is 2.28. The van der Waals surface area contributed by atoms with Crippen LogP contribution in [0.3, 0.4) is 0 Å². The maximum Gasteiger partial charge on any atom is 0.184 e. The highest BCUT2D eigenvalue weighted by molar-refractivity contribution is 6.33. The molecule has 16 heavy (non-hydrogen) atoms. The van der Waals surface area contributed by atoms with Gasteiger partial charge in [-0.25, -0.2) is 0 Å². The molecule has 0 bridgehead atoms. The molecule has 0 aromatic carbocycles. The molecule has 1 saturated heterocycles. The van der Waals surface area contributed by atoms with Gasteiger partial charge in [-0.3, -0.25) is 9.48 Å². The fourth-order valence-electron chi connectivity index (χ4n) is 1.99. The number of nitrogens with zero attached hydrogens (tertiary/aromatic N) is 2. The van der Waals surface area contributed by atoms with Crippen LogP contribution in [-0.2, 0) is 11.3 Å². The molecule has 88 valence electrons. The standard InChI is InChI=1S/C11H15ClN2O2/c1-2-14-11(9(12)7-13-14)10(15)6-8-4-3-5-16-8/h7-8H,2-6H2,1H3. The summed E-state index contributed by atoms with van der Waals surface area (Å²) in [5, 5.41) is 4.49. The van der Waals surface area contributed by atoms with E-state index in [9.17, 15) is 4.79 Å². The van der Waals surface area contributed by atoms with E-state index >= 15 is 0 Å². The van der Waals surface area contributed by atoms with Crippen LogP contribution in [0.15, 0.2) is 6.20 Å². The van der Waals surface area contributed by atoms with Crippen molar-refractivity contribution in [2.75, 3.05) is 6.61 Å². The van der Waals surface area contributed by atoms with Gasteiger partial charge in [-0.1, -0.05) is 11.6 Å². The highest BCUT2D eigenvalue weighted by atomic mass is 35.5. The summed E-state index contributed by atoms with van der Waals surface area (Å²) in [6.45, 7) is 3.35. The molecule has 1 aromatic heterocycles. The number of hydrogen-bond acceptors (Lipinski definition) is 3. The number of carbonyl (C=O) groups excluding carboxylic acids is 1. The zero-order chi connectivity index (χ0) is 11.5. The van der Waals surface area contributed by atoms with E-state index in [-0.39, 0.29) is 11.9 Å². The van der Waals surface area contributed by atoms with Crippen molar-refractivity contribution in [3.63, 3.8) is 0 Å². The second-order valence-corrected chi connectivity index (χ2v) is 4.33. The maximum atomic E-state index is 12.0. The normalized spacial score (nSPS) is 20.2. The Morgan fingerprint density at radius 1 is 1.75 bits per heavy atom. The number of carbonyl (C=O) groups is 1. The Kier molecular flexibility index (Phi) is 3.61. The van der Waals surface area contributed by atoms with Crippen LogP contribution in [0.5, 0.6) is 0 Å². The molecule has 0 amide bonds. The number of ether oxygens (including phenoxy) is 1. The summed E-state index contributed by atoms with van der Waals surface area (Å²) >= 11 is 5.96. The molecule has 1 atom stereocenters. The first kappa shape index (κ1) is 11.6. The molecule has 1 aromatic rings. The zero-order valence-electron chi connectivity index (χ0n) is 9.28. The number of rotatable bonds is 4. The van der Waals surface area contributed by atoms with Crippen molar-refractivity contribution in [2.24, 2.45) is 0 Å². The fraction of sp³-hybridized carbons (Fsp3) is 0.636. The summed E-state index contributed by atoms with van der Waals surface area (Å²) in [6.07, 6.45) is 3.99. The molecule has 0 spiro atoms. The molecule has 0 aliphatic carbocycles. The molecule has 1 aliphatic heterocycles. The van der Waals surface area contributed by atoms with Crippen molar-refractivity contribution in [3.8, 4) is 0 Å². The van der Waals surface area contributed by atoms with E-state index in [1.807, 2.05) is 6.92 Å². The SMILES string of the molecule is CCn1ncc(Cl)c1C(=O)CC1CCCO1. The minimum absolute atomic E-state index is 0.0243. The van der Waals surface area contributed by atoms with Gasteiger partial charge >= 0.3 is 0 Å². The molecule has 1 aliphatic rings. The van der Waals surface area contributed by atoms with E-state index in [4.69, 9.17) is 16.3 Å². The van der Waals surface area contributed by atoms with Crippen molar-refractivity contribution in [2.45, 2.75) is 38.8 Å². The lowest BCUT2D eigenvalue weighted by Gasteiger charge is -2.09. The van der Waals surface area contributed by atoms with Gasteiger partial charge in [0, 0.05) is 19.6 Å². The molecule has 0 N–H and O–H groups in total. The number of aryl methyl sites for hydroxylation is 1. The Hall–Kier alpha value is -0.870. The van der Waals surface area contributed by atoms with E-state index in [0.29, 0.717) is 23.7 Å². The Balaban J connectivity index is 2.10. The van der Waals surface area contributed by atoms with E-state index in [2.05, 4.69) is 5.10 Å². The first-order chi connectivity index (χ1) is 7.72. The van der Waals surface area contributed by atoms with Crippen LogP contribution in [0.2, 0.25) is 5.02 Å². The fourth-order valence-corrected chi connectivity index (χ4v) is 2.23. The average molecular weight is 243 g/mol. The monoisotopic (exact) mass is 242 g/mol. The lowest BCUT2D eigenvalue weighted by Crippen LogP contribution is -2.16. The molecule has 2 heterocycles. The predicted octanol–water partition coefficient (Wildman–Crippen LogP) is 2.31. The highest BCUT2D eigenvalue weighted by Gasteiger charge is 2.23. The van der Waals surface area contributed by atoms with Crippen LogP contribution in [0.4, 0.5) is 0 Å². The van der Waals surface area contributed by atoms with Gasteiger partial charge in [0.15, 0.2) is 5.78 Å². The molecule has 0 radical (unpaired) electrons. The first-order valence-electron chi connectivity index (χ1n) is 5.58. The lowest BCUT2D eigenvalue weighted by atomic mass is 10.1. The summed E-state index contributed by atoms with van der Waals surface area (Å²) in [5.74, 6) is 0.0243. The molecular formula is C11H15ClN2O2. The van der Waals surface area contributed by atoms with Gasteiger partial charge in [0.1, 0.15) is 5.69 Å². The van der Waals surface area contributed by atoms with Gasteiger partial charge in [0.05, 0.1) is 17.3 Å². The van der Waals surface area contributed by atoms with Gasteiger partial charge < -0.3 is 4.74 Å². The quantitative estimate of drug-likeness (QED) is 0.761. The van der Waals surface area contributed by atoms with E-state index < -0.39 is 0 Å². The van der Waals surface area contributed by atoms with Crippen molar-refractivity contribution >= 4 is 17.4 Å². The molecular weight excluding hydrogens is 228 g/mol. The van der Waals surface area contributed by atoms with Gasteiger partial charge in [-0.2, -0.15) is 5.10 Å². The van der Waals surface area contributed by atoms with E-state index in [1.54, 1.807) is 4.68 Å². The Labute approximate surface area is 99.5 Å². The average Bonchev–Trinajstić information content (AvgIpc) is 2.87. The van der Waals surface area contributed by atoms with Gasteiger partial charge in [0.25, 0.3) is 0 Å². The summed E-state index contributed by atoms with van der Waals surface area (Å²) in [7, 11) is 0.